The average Bonchev–Trinajstić information content (AvgIpc) is 3.34. The van der Waals surface area contributed by atoms with Crippen molar-refractivity contribution in [1.82, 2.24) is 0 Å². The van der Waals surface area contributed by atoms with Crippen molar-refractivity contribution in [2.45, 2.75) is 39.6 Å². The quantitative estimate of drug-likeness (QED) is 0.0845. The molecule has 0 aliphatic rings. The Hall–Kier alpha value is -5.36. The average molecular weight is 925 g/mol. The zero-order valence-electron chi connectivity index (χ0n) is 37.2. The van der Waals surface area contributed by atoms with Crippen LogP contribution in [0.25, 0.3) is 0 Å². The predicted molar refractivity (Wildman–Crippen MR) is 276 cm³/mol. The second-order valence-electron chi connectivity index (χ2n) is 17.1. The van der Waals surface area contributed by atoms with Crippen molar-refractivity contribution < 1.29 is 20.9 Å². The van der Waals surface area contributed by atoms with Crippen molar-refractivity contribution in [2.75, 3.05) is 0 Å². The first-order valence-electron chi connectivity index (χ1n) is 22.0. The molecule has 64 heavy (non-hydrogen) atoms. The van der Waals surface area contributed by atoms with Gasteiger partial charge in [0.05, 0.1) is 0 Å². The lowest BCUT2D eigenvalue weighted by Crippen LogP contribution is -2.83. The van der Waals surface area contributed by atoms with Crippen molar-refractivity contribution in [3.8, 4) is 0 Å². The van der Waals surface area contributed by atoms with Crippen LogP contribution in [0.3, 0.4) is 0 Å². The summed E-state index contributed by atoms with van der Waals surface area (Å²) in [6.07, 6.45) is -0.201. The lowest BCUT2D eigenvalue weighted by molar-refractivity contribution is 0.189. The third-order valence-electron chi connectivity index (χ3n) is 10.9. The second-order valence-corrected chi connectivity index (χ2v) is 34.4. The lowest BCUT2D eigenvalue weighted by atomic mass is 10.4. The van der Waals surface area contributed by atoms with Crippen LogP contribution in [0.4, 0.5) is 0 Å². The molecule has 0 unspecified atom stereocenters. The summed E-state index contributed by atoms with van der Waals surface area (Å²) in [4.78, 5) is 0. The van der Waals surface area contributed by atoms with E-state index in [9.17, 15) is 0 Å². The van der Waals surface area contributed by atoms with E-state index in [-0.39, 0.29) is 6.10 Å². The SMILES string of the molecule is CC(C)O[Si](O[Si](O[Si](O[Si](O[Si](C)(C)C)(c1ccccc1)c1ccccc1)(c1ccccc1)c1ccccc1)(c1ccccc1)c1ccccc1)(c1ccccc1)c1ccccc1. The summed E-state index contributed by atoms with van der Waals surface area (Å²) in [5.74, 6) is 0. The number of hydrogen-bond donors (Lipinski definition) is 0. The zero-order chi connectivity index (χ0) is 44.5. The zero-order valence-corrected chi connectivity index (χ0v) is 42.2. The van der Waals surface area contributed by atoms with E-state index in [1.165, 1.54) is 0 Å². The van der Waals surface area contributed by atoms with Gasteiger partial charge in [-0.05, 0) is 75.0 Å². The highest BCUT2D eigenvalue weighted by Gasteiger charge is 2.63. The van der Waals surface area contributed by atoms with Gasteiger partial charge in [0.1, 0.15) is 0 Å². The van der Waals surface area contributed by atoms with Crippen molar-refractivity contribution >= 4 is 84.1 Å². The summed E-state index contributed by atoms with van der Waals surface area (Å²) in [7, 11) is -18.2. The monoisotopic (exact) mass is 924 g/mol. The molecule has 0 aliphatic carbocycles. The maximum Gasteiger partial charge on any atom is 0.398 e. The Morgan fingerprint density at radius 3 is 0.609 bits per heavy atom. The van der Waals surface area contributed by atoms with Crippen LogP contribution in [-0.4, -0.2) is 48.7 Å². The Bertz CT molecular complexity index is 2480. The Morgan fingerprint density at radius 1 is 0.250 bits per heavy atom. The molecule has 0 saturated heterocycles. The lowest BCUT2D eigenvalue weighted by Gasteiger charge is -2.49. The maximum atomic E-state index is 8.72. The van der Waals surface area contributed by atoms with Crippen LogP contribution >= 0.6 is 0 Å². The first-order valence-corrected chi connectivity index (χ1v) is 32.7. The van der Waals surface area contributed by atoms with Crippen LogP contribution in [0.2, 0.25) is 19.6 Å². The summed E-state index contributed by atoms with van der Waals surface area (Å²) < 4.78 is 41.0. The molecule has 8 aromatic carbocycles. The van der Waals surface area contributed by atoms with Crippen molar-refractivity contribution in [3.63, 3.8) is 0 Å². The van der Waals surface area contributed by atoms with Crippen LogP contribution < -0.4 is 41.5 Å². The molecule has 322 valence electrons. The molecule has 5 nitrogen and oxygen atoms in total. The highest BCUT2D eigenvalue weighted by molar-refractivity contribution is 7.12. The first-order chi connectivity index (χ1) is 31.1. The topological polar surface area (TPSA) is 46.2 Å². The van der Waals surface area contributed by atoms with Gasteiger partial charge >= 0.3 is 34.2 Å². The third-order valence-corrected chi connectivity index (χ3v) is 31.0. The van der Waals surface area contributed by atoms with Crippen LogP contribution in [0, 0.1) is 0 Å². The summed E-state index contributed by atoms with van der Waals surface area (Å²) in [6, 6.07) is 84.4. The molecular weight excluding hydrogens is 869 g/mol. The Morgan fingerprint density at radius 2 is 0.422 bits per heavy atom. The van der Waals surface area contributed by atoms with E-state index in [1.807, 2.05) is 12.1 Å². The van der Waals surface area contributed by atoms with Crippen molar-refractivity contribution in [2.24, 2.45) is 0 Å². The van der Waals surface area contributed by atoms with Gasteiger partial charge in [-0.3, -0.25) is 0 Å². The smallest absolute Gasteiger partial charge is 0.398 e. The third kappa shape index (κ3) is 9.53. The normalized spacial score (nSPS) is 12.6. The molecule has 0 heterocycles. The molecule has 0 amide bonds. The molecule has 0 atom stereocenters. The summed E-state index contributed by atoms with van der Waals surface area (Å²) in [5, 5.41) is 7.71. The largest absolute Gasteiger partial charge is 0.430 e. The highest BCUT2D eigenvalue weighted by atomic mass is 28.5. The molecule has 0 bridgehead atoms. The fourth-order valence-electron chi connectivity index (χ4n) is 8.35. The van der Waals surface area contributed by atoms with Crippen LogP contribution in [0.15, 0.2) is 243 Å². The molecule has 0 N–H and O–H groups in total. The molecule has 0 saturated carbocycles. The van der Waals surface area contributed by atoms with Gasteiger partial charge in [-0.15, -0.1) is 0 Å². The van der Waals surface area contributed by atoms with Crippen molar-refractivity contribution in [3.05, 3.63) is 243 Å². The molecule has 0 fully saturated rings. The van der Waals surface area contributed by atoms with Gasteiger partial charge in [-0.1, -0.05) is 243 Å². The fraction of sp³-hybridized carbons (Fsp3) is 0.111. The summed E-state index contributed by atoms with van der Waals surface area (Å²) in [6.45, 7) is 10.9. The minimum atomic E-state index is -4.13. The molecule has 0 spiro atoms. The van der Waals surface area contributed by atoms with Gasteiger partial charge < -0.3 is 20.9 Å². The maximum absolute atomic E-state index is 8.72. The van der Waals surface area contributed by atoms with Crippen LogP contribution in [0.5, 0.6) is 0 Å². The Labute approximate surface area is 385 Å². The number of benzene rings is 8. The minimum absolute atomic E-state index is 0.201. The van der Waals surface area contributed by atoms with E-state index in [0.717, 1.165) is 41.5 Å². The molecule has 10 heteroatoms. The molecule has 0 radical (unpaired) electrons. The van der Waals surface area contributed by atoms with E-state index in [4.69, 9.17) is 20.9 Å². The number of hydrogen-bond acceptors (Lipinski definition) is 5. The number of rotatable bonds is 18. The van der Waals surface area contributed by atoms with Gasteiger partial charge in [-0.2, -0.15) is 0 Å². The second kappa shape index (κ2) is 19.8. The van der Waals surface area contributed by atoms with E-state index in [2.05, 4.69) is 264 Å². The predicted octanol–water partition coefficient (Wildman–Crippen LogP) is 7.34. The van der Waals surface area contributed by atoms with Gasteiger partial charge in [0, 0.05) is 6.10 Å². The standard InChI is InChI=1S/C54H56O5Si5/c1-46(2)55-61(47-30-14-6-15-31-47,48-32-16-7-17-33-48)57-63(51-38-22-10-23-39-51,52-40-24-11-25-41-52)59-64(53-42-26-12-27-43-53,54-44-28-13-29-45-54)58-62(56-60(3,4)5,49-34-18-8-19-35-49)50-36-20-9-21-37-50/h6-46H,1-5H3. The van der Waals surface area contributed by atoms with Gasteiger partial charge in [0.25, 0.3) is 0 Å². The Kier molecular flexibility index (Phi) is 14.0. The van der Waals surface area contributed by atoms with Gasteiger partial charge in [0.15, 0.2) is 8.32 Å². The first kappa shape index (κ1) is 45.2. The summed E-state index contributed by atoms with van der Waals surface area (Å²) >= 11 is 0. The summed E-state index contributed by atoms with van der Waals surface area (Å²) in [5.41, 5.74) is 0. The minimum Gasteiger partial charge on any atom is -0.430 e. The van der Waals surface area contributed by atoms with E-state index < -0.39 is 42.6 Å². The van der Waals surface area contributed by atoms with E-state index >= 15 is 0 Å². The molecule has 0 aliphatic heterocycles. The molecular formula is C54H56O5Si5. The van der Waals surface area contributed by atoms with Crippen LogP contribution in [-0.2, 0) is 20.9 Å². The Balaban J connectivity index is 1.54. The highest BCUT2D eigenvalue weighted by Crippen LogP contribution is 2.29. The van der Waals surface area contributed by atoms with Crippen molar-refractivity contribution in [1.29, 1.82) is 0 Å². The fourth-order valence-corrected chi connectivity index (χ4v) is 32.4. The van der Waals surface area contributed by atoms with Crippen LogP contribution in [0.1, 0.15) is 13.8 Å². The van der Waals surface area contributed by atoms with Gasteiger partial charge in [-0.25, -0.2) is 0 Å². The van der Waals surface area contributed by atoms with E-state index in [1.54, 1.807) is 0 Å². The van der Waals surface area contributed by atoms with E-state index in [0.29, 0.717) is 0 Å². The molecule has 8 aromatic rings. The molecule has 0 aromatic heterocycles. The van der Waals surface area contributed by atoms with Gasteiger partial charge in [0.2, 0.25) is 0 Å². The molecule has 8 rings (SSSR count).